The van der Waals surface area contributed by atoms with Crippen LogP contribution in [0.15, 0.2) is 73.5 Å². The number of nitrogens with one attached hydrogen (secondary N) is 1. The number of piperazine rings is 1. The van der Waals surface area contributed by atoms with E-state index in [2.05, 4.69) is 38.4 Å². The molecule has 4 heterocycles. The predicted molar refractivity (Wildman–Crippen MR) is 171 cm³/mol. The van der Waals surface area contributed by atoms with Crippen LogP contribution in [0.1, 0.15) is 23.6 Å². The van der Waals surface area contributed by atoms with Crippen molar-refractivity contribution in [1.29, 1.82) is 0 Å². The number of rotatable bonds is 8. The Morgan fingerprint density at radius 3 is 2.75 bits per heavy atom. The number of likely N-dealkylation sites (N-methyl/N-ethyl adjacent to an activating group) is 1. The molecule has 0 radical (unpaired) electrons. The van der Waals surface area contributed by atoms with Gasteiger partial charge in [-0.05, 0) is 87.5 Å². The van der Waals surface area contributed by atoms with Gasteiger partial charge in [0.05, 0.1) is 16.6 Å². The smallest absolute Gasteiger partial charge is 0.246 e. The van der Waals surface area contributed by atoms with E-state index in [1.54, 1.807) is 23.0 Å². The number of nitrogens with zero attached hydrogens (tertiary/aromatic N) is 8. The quantitative estimate of drug-likeness (QED) is 0.261. The van der Waals surface area contributed by atoms with E-state index in [4.69, 9.17) is 0 Å². The molecule has 44 heavy (non-hydrogen) atoms. The standard InChI is InChI=1S/C33H36FN9O/c1-22-16-26(8-7-25(22)17-24-11-13-43-29(18-24)36-21-38-43)39-33-31-27(35-20-37-33)9-10-28(32(31)34)42-15-14-41(19-23(42)2)30(44)6-5-12-40(3)4/h5-11,13,16,18,20-21,23H,12,14-15,17,19H2,1-4H3,(H,35,37,39)/b6-5+. The molecule has 0 aliphatic carbocycles. The fourth-order valence-corrected chi connectivity index (χ4v) is 5.70. The van der Waals surface area contributed by atoms with Gasteiger partial charge in [0.2, 0.25) is 5.91 Å². The van der Waals surface area contributed by atoms with E-state index in [1.165, 1.54) is 11.9 Å². The summed E-state index contributed by atoms with van der Waals surface area (Å²) >= 11 is 0. The zero-order valence-corrected chi connectivity index (χ0v) is 25.4. The molecule has 1 aliphatic heterocycles. The lowest BCUT2D eigenvalue weighted by Crippen LogP contribution is -2.53. The molecule has 3 aromatic heterocycles. The number of halogens is 1. The van der Waals surface area contributed by atoms with Crippen LogP contribution in [0.25, 0.3) is 16.6 Å². The molecule has 1 saturated heterocycles. The topological polar surface area (TPSA) is 94.8 Å². The Kier molecular flexibility index (Phi) is 8.21. The second kappa shape index (κ2) is 12.4. The third kappa shape index (κ3) is 6.09. The first-order valence-corrected chi connectivity index (χ1v) is 14.7. The molecule has 1 N–H and O–H groups in total. The number of hydrogen-bond donors (Lipinski definition) is 1. The van der Waals surface area contributed by atoms with E-state index in [-0.39, 0.29) is 17.8 Å². The Labute approximate surface area is 255 Å². The average molecular weight is 594 g/mol. The number of fused-ring (bicyclic) bond motifs is 2. The van der Waals surface area contributed by atoms with Crippen molar-refractivity contribution >= 4 is 39.6 Å². The second-order valence-electron chi connectivity index (χ2n) is 11.5. The van der Waals surface area contributed by atoms with Crippen molar-refractivity contribution in [3.63, 3.8) is 0 Å². The van der Waals surface area contributed by atoms with Gasteiger partial charge in [0.25, 0.3) is 0 Å². The van der Waals surface area contributed by atoms with Crippen LogP contribution >= 0.6 is 0 Å². The van der Waals surface area contributed by atoms with E-state index in [0.29, 0.717) is 48.6 Å². The van der Waals surface area contributed by atoms with Gasteiger partial charge in [-0.25, -0.2) is 23.9 Å². The fraction of sp³-hybridized carbons (Fsp3) is 0.303. The lowest BCUT2D eigenvalue weighted by molar-refractivity contribution is -0.126. The number of carbonyl (C=O) groups is 1. The summed E-state index contributed by atoms with van der Waals surface area (Å²) in [5.74, 6) is 0.0153. The van der Waals surface area contributed by atoms with Crippen LogP contribution in [-0.4, -0.2) is 86.6 Å². The number of aromatic nitrogens is 5. The summed E-state index contributed by atoms with van der Waals surface area (Å²) in [6, 6.07) is 13.7. The van der Waals surface area contributed by atoms with Gasteiger partial charge in [-0.15, -0.1) is 0 Å². The lowest BCUT2D eigenvalue weighted by Gasteiger charge is -2.41. The minimum atomic E-state index is -0.375. The van der Waals surface area contributed by atoms with Crippen LogP contribution in [0.5, 0.6) is 0 Å². The molecule has 0 saturated carbocycles. The molecule has 11 heteroatoms. The first kappa shape index (κ1) is 29.2. The molecule has 5 aromatic rings. The predicted octanol–water partition coefficient (Wildman–Crippen LogP) is 4.61. The van der Waals surface area contributed by atoms with Gasteiger partial charge in [-0.1, -0.05) is 12.1 Å². The third-order valence-electron chi connectivity index (χ3n) is 8.04. The van der Waals surface area contributed by atoms with Crippen LogP contribution in [-0.2, 0) is 11.2 Å². The number of aryl methyl sites for hydroxylation is 1. The maximum Gasteiger partial charge on any atom is 0.246 e. The molecule has 226 valence electrons. The van der Waals surface area contributed by atoms with Crippen molar-refractivity contribution in [2.45, 2.75) is 26.3 Å². The van der Waals surface area contributed by atoms with Crippen LogP contribution < -0.4 is 10.2 Å². The Hall–Kier alpha value is -4.90. The molecular weight excluding hydrogens is 557 g/mol. The molecular formula is C33H36FN9O. The Balaban J connectivity index is 1.20. The molecule has 0 bridgehead atoms. The molecule has 0 spiro atoms. The first-order chi connectivity index (χ1) is 21.3. The fourth-order valence-electron chi connectivity index (χ4n) is 5.70. The van der Waals surface area contributed by atoms with Gasteiger partial charge in [-0.2, -0.15) is 5.10 Å². The van der Waals surface area contributed by atoms with Crippen LogP contribution in [0.2, 0.25) is 0 Å². The molecule has 1 fully saturated rings. The zero-order valence-electron chi connectivity index (χ0n) is 25.4. The van der Waals surface area contributed by atoms with E-state index in [0.717, 1.165) is 28.9 Å². The average Bonchev–Trinajstić information content (AvgIpc) is 3.47. The zero-order chi connectivity index (χ0) is 30.8. The van der Waals surface area contributed by atoms with Crippen molar-refractivity contribution in [3.05, 3.63) is 96.0 Å². The number of pyridine rings is 1. The van der Waals surface area contributed by atoms with Crippen molar-refractivity contribution in [1.82, 2.24) is 34.4 Å². The van der Waals surface area contributed by atoms with Gasteiger partial charge >= 0.3 is 0 Å². The highest BCUT2D eigenvalue weighted by Crippen LogP contribution is 2.34. The summed E-state index contributed by atoms with van der Waals surface area (Å²) in [6.45, 7) is 6.34. The summed E-state index contributed by atoms with van der Waals surface area (Å²) in [4.78, 5) is 31.6. The van der Waals surface area contributed by atoms with Crippen molar-refractivity contribution in [2.75, 3.05) is 50.5 Å². The van der Waals surface area contributed by atoms with E-state index in [1.807, 2.05) is 78.3 Å². The summed E-state index contributed by atoms with van der Waals surface area (Å²) in [6.07, 6.45) is 9.16. The number of hydrogen-bond acceptors (Lipinski definition) is 8. The van der Waals surface area contributed by atoms with Crippen LogP contribution in [0.3, 0.4) is 0 Å². The Morgan fingerprint density at radius 2 is 1.95 bits per heavy atom. The first-order valence-electron chi connectivity index (χ1n) is 14.7. The van der Waals surface area contributed by atoms with Gasteiger partial charge in [0.1, 0.15) is 18.5 Å². The lowest BCUT2D eigenvalue weighted by atomic mass is 10.0. The van der Waals surface area contributed by atoms with Gasteiger partial charge in [0, 0.05) is 50.2 Å². The number of anilines is 3. The highest BCUT2D eigenvalue weighted by molar-refractivity contribution is 5.94. The number of carbonyl (C=O) groups excluding carboxylic acids is 1. The Morgan fingerprint density at radius 1 is 1.09 bits per heavy atom. The van der Waals surface area contributed by atoms with Gasteiger partial charge in [0.15, 0.2) is 11.5 Å². The third-order valence-corrected chi connectivity index (χ3v) is 8.04. The molecule has 2 aromatic carbocycles. The molecule has 1 unspecified atom stereocenters. The minimum Gasteiger partial charge on any atom is -0.363 e. The van der Waals surface area contributed by atoms with E-state index < -0.39 is 0 Å². The highest BCUT2D eigenvalue weighted by atomic mass is 19.1. The molecule has 1 atom stereocenters. The van der Waals surface area contributed by atoms with E-state index in [9.17, 15) is 4.79 Å². The molecule has 1 aliphatic rings. The monoisotopic (exact) mass is 593 g/mol. The second-order valence-corrected chi connectivity index (χ2v) is 11.5. The summed E-state index contributed by atoms with van der Waals surface area (Å²) in [5, 5.41) is 7.84. The summed E-state index contributed by atoms with van der Waals surface area (Å²) in [5.41, 5.74) is 6.06. The van der Waals surface area contributed by atoms with Gasteiger partial charge < -0.3 is 20.0 Å². The van der Waals surface area contributed by atoms with Crippen LogP contribution in [0.4, 0.5) is 21.6 Å². The minimum absolute atomic E-state index is 0.0186. The van der Waals surface area contributed by atoms with Crippen LogP contribution in [0, 0.1) is 12.7 Å². The maximum absolute atomic E-state index is 16.3. The Bertz CT molecular complexity index is 1850. The highest BCUT2D eigenvalue weighted by Gasteiger charge is 2.28. The SMILES string of the molecule is Cc1cc(Nc2ncnc3ccc(N4CCN(C(=O)/C=C/CN(C)C)CC4C)c(F)c23)ccc1Cc1ccn2ncnc2c1. The normalized spacial score (nSPS) is 15.6. The van der Waals surface area contributed by atoms with Crippen molar-refractivity contribution in [3.8, 4) is 0 Å². The summed E-state index contributed by atoms with van der Waals surface area (Å²) < 4.78 is 18.0. The van der Waals surface area contributed by atoms with Gasteiger partial charge in [-0.3, -0.25) is 4.79 Å². The number of amides is 1. The van der Waals surface area contributed by atoms with Crippen molar-refractivity contribution in [2.24, 2.45) is 0 Å². The van der Waals surface area contributed by atoms with E-state index >= 15 is 4.39 Å². The maximum atomic E-state index is 16.3. The molecule has 1 amide bonds. The summed E-state index contributed by atoms with van der Waals surface area (Å²) in [7, 11) is 3.92. The molecule has 6 rings (SSSR count). The largest absolute Gasteiger partial charge is 0.363 e. The number of benzene rings is 2. The molecule has 10 nitrogen and oxygen atoms in total. The van der Waals surface area contributed by atoms with Crippen molar-refractivity contribution < 1.29 is 9.18 Å².